The van der Waals surface area contributed by atoms with E-state index in [-0.39, 0.29) is 0 Å². The predicted molar refractivity (Wildman–Crippen MR) is 97.4 cm³/mol. The lowest BCUT2D eigenvalue weighted by Crippen LogP contribution is -2.21. The molecule has 4 rings (SSSR count). The lowest BCUT2D eigenvalue weighted by Gasteiger charge is -2.14. The highest BCUT2D eigenvalue weighted by Gasteiger charge is 2.22. The van der Waals surface area contributed by atoms with Crippen LogP contribution in [0.4, 0.5) is 0 Å². The Morgan fingerprint density at radius 2 is 1.74 bits per heavy atom. The molecule has 1 aromatic heterocycles. The average molecular weight is 325 g/mol. The van der Waals surface area contributed by atoms with Gasteiger partial charge in [-0.3, -0.25) is 0 Å². The molecule has 0 radical (unpaired) electrons. The Morgan fingerprint density at radius 1 is 0.957 bits per heavy atom. The van der Waals surface area contributed by atoms with Gasteiger partial charge in [0.1, 0.15) is 0 Å². The zero-order valence-electron chi connectivity index (χ0n) is 13.4. The van der Waals surface area contributed by atoms with Crippen molar-refractivity contribution >= 4 is 22.5 Å². The fourth-order valence-corrected chi connectivity index (χ4v) is 3.99. The van der Waals surface area contributed by atoms with E-state index in [2.05, 4.69) is 59.0 Å². The number of hydrogen-bond acceptors (Lipinski definition) is 1. The second-order valence-electron chi connectivity index (χ2n) is 6.43. The first-order valence-corrected chi connectivity index (χ1v) is 8.63. The maximum Gasteiger partial charge on any atom is 0.0503 e. The molecule has 3 aromatic rings. The fourth-order valence-electron chi connectivity index (χ4n) is 3.70. The third-order valence-corrected chi connectivity index (χ3v) is 5.23. The highest BCUT2D eigenvalue weighted by Crippen LogP contribution is 2.34. The number of rotatable bonds is 2. The van der Waals surface area contributed by atoms with Crippen LogP contribution in [0.15, 0.2) is 48.5 Å². The summed E-state index contributed by atoms with van der Waals surface area (Å²) in [5, 5.41) is 2.14. The molecule has 0 amide bonds. The van der Waals surface area contributed by atoms with Gasteiger partial charge >= 0.3 is 0 Å². The molecule has 0 atom stereocenters. The minimum Gasteiger partial charge on any atom is -0.340 e. The molecule has 0 aliphatic carbocycles. The molecule has 0 saturated carbocycles. The maximum absolute atomic E-state index is 6.57. The van der Waals surface area contributed by atoms with E-state index >= 15 is 0 Å². The van der Waals surface area contributed by atoms with Gasteiger partial charge in [0.2, 0.25) is 0 Å². The number of nitrogens with zero attached hydrogens (tertiary/aromatic N) is 2. The minimum absolute atomic E-state index is 0.884. The first-order chi connectivity index (χ1) is 11.2. The monoisotopic (exact) mass is 324 g/mol. The number of aromatic nitrogens is 1. The Morgan fingerprint density at radius 3 is 2.57 bits per heavy atom. The summed E-state index contributed by atoms with van der Waals surface area (Å²) in [5.74, 6) is 0. The number of fused-ring (bicyclic) bond motifs is 3. The van der Waals surface area contributed by atoms with Gasteiger partial charge in [-0.15, -0.1) is 0 Å². The van der Waals surface area contributed by atoms with Gasteiger partial charge < -0.3 is 9.47 Å². The Balaban J connectivity index is 1.90. The topological polar surface area (TPSA) is 8.17 Å². The molecule has 1 aliphatic heterocycles. The van der Waals surface area contributed by atoms with E-state index < -0.39 is 0 Å². The zero-order chi connectivity index (χ0) is 15.8. The van der Waals surface area contributed by atoms with Crippen molar-refractivity contribution in [3.63, 3.8) is 0 Å². The van der Waals surface area contributed by atoms with Crippen molar-refractivity contribution in [3.05, 3.63) is 70.4 Å². The van der Waals surface area contributed by atoms with Gasteiger partial charge in [0, 0.05) is 37.1 Å². The second kappa shape index (κ2) is 6.03. The van der Waals surface area contributed by atoms with E-state index in [4.69, 9.17) is 11.6 Å². The summed E-state index contributed by atoms with van der Waals surface area (Å²) in [4.78, 5) is 2.41. The molecule has 0 bridgehead atoms. The number of hydrogen-bond donors (Lipinski definition) is 0. The van der Waals surface area contributed by atoms with E-state index in [9.17, 15) is 0 Å². The summed E-state index contributed by atoms with van der Waals surface area (Å²) in [5.41, 5.74) is 5.52. The van der Waals surface area contributed by atoms with Crippen LogP contribution in [0.3, 0.4) is 0 Å². The Bertz CT molecular complexity index is 836. The van der Waals surface area contributed by atoms with Gasteiger partial charge in [0.05, 0.1) is 10.5 Å². The van der Waals surface area contributed by atoms with Crippen molar-refractivity contribution in [2.75, 3.05) is 20.1 Å². The lowest BCUT2D eigenvalue weighted by molar-refractivity contribution is 0.351. The van der Waals surface area contributed by atoms with Gasteiger partial charge in [-0.2, -0.15) is 0 Å². The molecule has 0 spiro atoms. The first kappa shape index (κ1) is 14.8. The largest absolute Gasteiger partial charge is 0.340 e. The van der Waals surface area contributed by atoms with E-state index in [1.54, 1.807) is 0 Å². The van der Waals surface area contributed by atoms with Gasteiger partial charge in [-0.05, 0) is 36.7 Å². The summed E-state index contributed by atoms with van der Waals surface area (Å²) < 4.78 is 2.48. The van der Waals surface area contributed by atoms with Crippen LogP contribution in [0.2, 0.25) is 5.02 Å². The molecule has 0 fully saturated rings. The molecular formula is C20H21ClN2. The number of likely N-dealkylation sites (N-methyl/N-ethyl adjacent to an activating group) is 1. The predicted octanol–water partition coefficient (Wildman–Crippen LogP) is 4.37. The van der Waals surface area contributed by atoms with E-state index in [0.717, 1.165) is 37.5 Å². The Labute approximate surface area is 142 Å². The highest BCUT2D eigenvalue weighted by molar-refractivity contribution is 6.35. The van der Waals surface area contributed by atoms with Crippen LogP contribution in [0.25, 0.3) is 10.9 Å². The smallest absolute Gasteiger partial charge is 0.0503 e. The van der Waals surface area contributed by atoms with Gasteiger partial charge in [-0.25, -0.2) is 0 Å². The minimum atomic E-state index is 0.884. The molecule has 0 saturated heterocycles. The van der Waals surface area contributed by atoms with Gasteiger partial charge in [0.25, 0.3) is 0 Å². The molecule has 118 valence electrons. The van der Waals surface area contributed by atoms with Crippen LogP contribution in [-0.4, -0.2) is 29.6 Å². The van der Waals surface area contributed by atoms with E-state index in [0.29, 0.717) is 0 Å². The molecule has 2 heterocycles. The van der Waals surface area contributed by atoms with Crippen molar-refractivity contribution in [1.29, 1.82) is 0 Å². The summed E-state index contributed by atoms with van der Waals surface area (Å²) in [7, 11) is 2.21. The Hall–Kier alpha value is -1.77. The summed E-state index contributed by atoms with van der Waals surface area (Å²) >= 11 is 6.57. The highest BCUT2D eigenvalue weighted by atomic mass is 35.5. The number of benzene rings is 2. The third kappa shape index (κ3) is 2.66. The molecule has 2 aromatic carbocycles. The molecular weight excluding hydrogens is 304 g/mol. The summed E-state index contributed by atoms with van der Waals surface area (Å²) in [6, 6.07) is 17.0. The quantitative estimate of drug-likeness (QED) is 0.679. The first-order valence-electron chi connectivity index (χ1n) is 8.25. The second-order valence-corrected chi connectivity index (χ2v) is 6.84. The van der Waals surface area contributed by atoms with Crippen LogP contribution < -0.4 is 0 Å². The average Bonchev–Trinajstić information content (AvgIpc) is 2.73. The standard InChI is InChI=1S/C20H21ClN2/c1-22-12-10-16-18(11-13-22)23(14-15-6-3-2-4-7-15)19-9-5-8-17(21)20(16)19/h2-9H,10-14H2,1H3. The zero-order valence-corrected chi connectivity index (χ0v) is 14.2. The Kier molecular flexibility index (Phi) is 3.88. The fraction of sp³-hybridized carbons (Fsp3) is 0.300. The molecule has 0 N–H and O–H groups in total. The molecule has 0 unspecified atom stereocenters. The molecule has 3 heteroatoms. The van der Waals surface area contributed by atoms with Crippen LogP contribution in [0.5, 0.6) is 0 Å². The van der Waals surface area contributed by atoms with Crippen molar-refractivity contribution < 1.29 is 0 Å². The van der Waals surface area contributed by atoms with Gasteiger partial charge in [0.15, 0.2) is 0 Å². The van der Waals surface area contributed by atoms with E-state index in [1.165, 1.54) is 27.7 Å². The van der Waals surface area contributed by atoms with Crippen molar-refractivity contribution in [1.82, 2.24) is 9.47 Å². The van der Waals surface area contributed by atoms with Crippen molar-refractivity contribution in [2.24, 2.45) is 0 Å². The summed E-state index contributed by atoms with van der Waals surface area (Å²) in [6.45, 7) is 3.12. The molecule has 2 nitrogen and oxygen atoms in total. The van der Waals surface area contributed by atoms with Crippen molar-refractivity contribution in [3.8, 4) is 0 Å². The SMILES string of the molecule is CN1CCc2c(n(Cc3ccccc3)c3cccc(Cl)c23)CC1. The normalized spacial score (nSPS) is 15.6. The lowest BCUT2D eigenvalue weighted by atomic mass is 10.1. The summed E-state index contributed by atoms with van der Waals surface area (Å²) in [6.07, 6.45) is 2.16. The van der Waals surface area contributed by atoms with Crippen molar-refractivity contribution in [2.45, 2.75) is 19.4 Å². The van der Waals surface area contributed by atoms with Gasteiger partial charge in [-0.1, -0.05) is 48.0 Å². The van der Waals surface area contributed by atoms with E-state index in [1.807, 2.05) is 6.07 Å². The number of halogens is 1. The third-order valence-electron chi connectivity index (χ3n) is 4.92. The van der Waals surface area contributed by atoms with Crippen LogP contribution in [-0.2, 0) is 19.4 Å². The molecule has 23 heavy (non-hydrogen) atoms. The molecule has 1 aliphatic rings. The van der Waals surface area contributed by atoms with Crippen LogP contribution in [0, 0.1) is 0 Å². The van der Waals surface area contributed by atoms with Crippen LogP contribution >= 0.6 is 11.6 Å². The maximum atomic E-state index is 6.57. The van der Waals surface area contributed by atoms with Crippen LogP contribution in [0.1, 0.15) is 16.8 Å².